The molecule has 0 aliphatic heterocycles. The van der Waals surface area contributed by atoms with Crippen molar-refractivity contribution in [3.05, 3.63) is 34.1 Å². The maximum absolute atomic E-state index is 12.3. The monoisotopic (exact) mass is 209 g/mol. The van der Waals surface area contributed by atoms with Crippen molar-refractivity contribution in [3.8, 4) is 0 Å². The van der Waals surface area contributed by atoms with E-state index >= 15 is 0 Å². The van der Waals surface area contributed by atoms with Crippen LogP contribution in [0.5, 0.6) is 0 Å². The van der Waals surface area contributed by atoms with Crippen molar-refractivity contribution in [3.63, 3.8) is 0 Å². The molecule has 0 atom stereocenters. The van der Waals surface area contributed by atoms with E-state index in [9.17, 15) is 13.2 Å². The number of halogens is 4. The summed E-state index contributed by atoms with van der Waals surface area (Å²) < 4.78 is 36.4. The molecule has 0 amide bonds. The maximum Gasteiger partial charge on any atom is 0.195 e. The average Bonchev–Trinajstić information content (AvgIpc) is 1.93. The summed E-state index contributed by atoms with van der Waals surface area (Å²) >= 11 is 2.64. The first-order valence-electron chi connectivity index (χ1n) is 2.33. The minimum atomic E-state index is -1.48. The summed E-state index contributed by atoms with van der Waals surface area (Å²) in [6, 6.07) is 2.86. The summed E-state index contributed by atoms with van der Waals surface area (Å²) in [6.45, 7) is 0. The number of hydrogen-bond donors (Lipinski definition) is 0. The normalized spacial score (nSPS) is 10.0. The van der Waals surface area contributed by atoms with E-state index in [1.807, 2.05) is 0 Å². The lowest BCUT2D eigenvalue weighted by Crippen LogP contribution is -1.90. The van der Waals surface area contributed by atoms with Gasteiger partial charge in [-0.3, -0.25) is 0 Å². The zero-order valence-corrected chi connectivity index (χ0v) is 6.18. The lowest BCUT2D eigenvalue weighted by atomic mass is 10.3. The molecule has 10 heavy (non-hydrogen) atoms. The van der Waals surface area contributed by atoms with Crippen molar-refractivity contribution in [2.45, 2.75) is 0 Å². The molecule has 1 radical (unpaired) electrons. The van der Waals surface area contributed by atoms with Crippen LogP contribution in [-0.2, 0) is 0 Å². The van der Waals surface area contributed by atoms with Crippen molar-refractivity contribution in [1.82, 2.24) is 0 Å². The van der Waals surface area contributed by atoms with Gasteiger partial charge in [-0.15, -0.1) is 0 Å². The number of rotatable bonds is 0. The van der Waals surface area contributed by atoms with Crippen molar-refractivity contribution >= 4 is 15.9 Å². The van der Waals surface area contributed by atoms with Gasteiger partial charge in [0.25, 0.3) is 0 Å². The maximum atomic E-state index is 12.3. The zero-order chi connectivity index (χ0) is 7.72. The quantitative estimate of drug-likeness (QED) is 0.456. The molecule has 0 aromatic heterocycles. The largest absolute Gasteiger partial charge is 0.204 e. The molecule has 0 saturated carbocycles. The van der Waals surface area contributed by atoms with Gasteiger partial charge in [-0.05, 0) is 22.0 Å². The van der Waals surface area contributed by atoms with Crippen LogP contribution in [0.3, 0.4) is 0 Å². The van der Waals surface area contributed by atoms with Crippen molar-refractivity contribution in [2.75, 3.05) is 0 Å². The summed E-state index contributed by atoms with van der Waals surface area (Å²) in [4.78, 5) is 0. The Morgan fingerprint density at radius 2 is 1.80 bits per heavy atom. The minimum absolute atomic E-state index is 0.202. The first kappa shape index (κ1) is 7.60. The van der Waals surface area contributed by atoms with Gasteiger partial charge in [0.05, 0.1) is 4.47 Å². The fourth-order valence-electron chi connectivity index (χ4n) is 0.455. The second-order valence-corrected chi connectivity index (χ2v) is 2.37. The Labute approximate surface area is 63.8 Å². The highest BCUT2D eigenvalue weighted by Gasteiger charge is 2.10. The third kappa shape index (κ3) is 1.16. The summed E-state index contributed by atoms with van der Waals surface area (Å²) in [5, 5.41) is 0. The Morgan fingerprint density at radius 1 is 1.20 bits per heavy atom. The average molecular weight is 210 g/mol. The van der Waals surface area contributed by atoms with E-state index in [1.165, 1.54) is 0 Å². The van der Waals surface area contributed by atoms with Crippen LogP contribution in [0.1, 0.15) is 0 Å². The molecule has 1 rings (SSSR count). The van der Waals surface area contributed by atoms with Crippen LogP contribution in [0.4, 0.5) is 13.2 Å². The second-order valence-electron chi connectivity index (χ2n) is 1.58. The lowest BCUT2D eigenvalue weighted by Gasteiger charge is -1.94. The van der Waals surface area contributed by atoms with Gasteiger partial charge in [0.2, 0.25) is 0 Å². The van der Waals surface area contributed by atoms with Gasteiger partial charge in [0.1, 0.15) is 0 Å². The van der Waals surface area contributed by atoms with Crippen LogP contribution in [0.2, 0.25) is 0 Å². The molecule has 0 spiro atoms. The first-order valence-corrected chi connectivity index (χ1v) is 3.13. The molecule has 0 aliphatic rings. The van der Waals surface area contributed by atoms with E-state index in [1.54, 1.807) is 0 Å². The van der Waals surface area contributed by atoms with E-state index in [2.05, 4.69) is 22.0 Å². The van der Waals surface area contributed by atoms with Crippen LogP contribution in [0.15, 0.2) is 10.5 Å². The molecule has 4 heteroatoms. The Hall–Kier alpha value is -0.510. The van der Waals surface area contributed by atoms with Crippen molar-refractivity contribution in [1.29, 1.82) is 0 Å². The molecule has 0 N–H and O–H groups in total. The van der Waals surface area contributed by atoms with Gasteiger partial charge in [-0.25, -0.2) is 13.2 Å². The van der Waals surface area contributed by atoms with Gasteiger partial charge in [0.15, 0.2) is 17.5 Å². The van der Waals surface area contributed by atoms with Gasteiger partial charge >= 0.3 is 0 Å². The lowest BCUT2D eigenvalue weighted by molar-refractivity contribution is 0.444. The highest BCUT2D eigenvalue weighted by molar-refractivity contribution is 9.10. The molecule has 0 unspecified atom stereocenters. The minimum Gasteiger partial charge on any atom is -0.204 e. The van der Waals surface area contributed by atoms with Crippen molar-refractivity contribution in [2.24, 2.45) is 0 Å². The van der Waals surface area contributed by atoms with Crippen molar-refractivity contribution < 1.29 is 13.2 Å². The summed E-state index contributed by atoms with van der Waals surface area (Å²) in [7, 11) is 0. The van der Waals surface area contributed by atoms with Gasteiger partial charge in [0, 0.05) is 6.07 Å². The van der Waals surface area contributed by atoms with E-state index in [0.717, 1.165) is 6.07 Å². The fourth-order valence-corrected chi connectivity index (χ4v) is 0.743. The third-order valence-corrected chi connectivity index (χ3v) is 1.50. The standard InChI is InChI=1S/C6HBrF3/c7-3-1-2-4(8)6(10)5(3)9/h2H. The zero-order valence-electron chi connectivity index (χ0n) is 4.59. The van der Waals surface area contributed by atoms with Gasteiger partial charge in [-0.1, -0.05) is 0 Å². The van der Waals surface area contributed by atoms with Crippen LogP contribution < -0.4 is 0 Å². The molecule has 0 fully saturated rings. The van der Waals surface area contributed by atoms with E-state index in [-0.39, 0.29) is 4.47 Å². The van der Waals surface area contributed by atoms with E-state index in [0.29, 0.717) is 0 Å². The molecular formula is C6HBrF3. The van der Waals surface area contributed by atoms with E-state index < -0.39 is 17.5 Å². The molecule has 0 nitrogen and oxygen atoms in total. The topological polar surface area (TPSA) is 0 Å². The van der Waals surface area contributed by atoms with E-state index in [4.69, 9.17) is 0 Å². The number of hydrogen-bond acceptors (Lipinski definition) is 0. The molecule has 1 aromatic rings. The Morgan fingerprint density at radius 3 is 2.30 bits per heavy atom. The Balaban J connectivity index is 3.34. The molecular weight excluding hydrogens is 209 g/mol. The first-order chi connectivity index (χ1) is 4.63. The summed E-state index contributed by atoms with van der Waals surface area (Å²) in [5.74, 6) is -3.97. The molecule has 1 aromatic carbocycles. The van der Waals surface area contributed by atoms with Crippen LogP contribution in [0, 0.1) is 23.5 Å². The van der Waals surface area contributed by atoms with Crippen LogP contribution in [-0.4, -0.2) is 0 Å². The highest BCUT2D eigenvalue weighted by atomic mass is 79.9. The molecule has 0 bridgehead atoms. The third-order valence-electron chi connectivity index (χ3n) is 0.921. The summed E-state index contributed by atoms with van der Waals surface area (Å²) in [6.07, 6.45) is 0. The second kappa shape index (κ2) is 2.62. The highest BCUT2D eigenvalue weighted by Crippen LogP contribution is 2.18. The van der Waals surface area contributed by atoms with Crippen LogP contribution in [0.25, 0.3) is 0 Å². The molecule has 53 valence electrons. The molecule has 0 heterocycles. The van der Waals surface area contributed by atoms with Gasteiger partial charge in [-0.2, -0.15) is 0 Å². The van der Waals surface area contributed by atoms with Gasteiger partial charge < -0.3 is 0 Å². The molecule has 0 aliphatic carbocycles. The SMILES string of the molecule is Fc1c[c]c(Br)c(F)c1F. The number of benzene rings is 1. The van der Waals surface area contributed by atoms with Crippen LogP contribution >= 0.6 is 15.9 Å². The molecule has 0 saturated heterocycles. The Kier molecular flexibility index (Phi) is 1.99. The Bertz CT molecular complexity index is 232. The smallest absolute Gasteiger partial charge is 0.195 e. The summed E-state index contributed by atoms with van der Waals surface area (Å²) in [5.41, 5.74) is 0. The predicted octanol–water partition coefficient (Wildman–Crippen LogP) is 2.67. The fraction of sp³-hybridized carbons (Fsp3) is 0. The predicted molar refractivity (Wildman–Crippen MR) is 32.9 cm³/mol.